The van der Waals surface area contributed by atoms with Gasteiger partial charge in [0.15, 0.2) is 0 Å². The molecule has 7 heteroatoms. The number of hydrogen-bond acceptors (Lipinski definition) is 4. The van der Waals surface area contributed by atoms with Crippen LogP contribution in [0.5, 0.6) is 0 Å². The third-order valence-electron chi connectivity index (χ3n) is 6.94. The van der Waals surface area contributed by atoms with Crippen LogP contribution in [0.2, 0.25) is 10.0 Å². The van der Waals surface area contributed by atoms with Gasteiger partial charge in [-0.15, -0.1) is 0 Å². The monoisotopic (exact) mass is 489 g/mol. The molecule has 2 heterocycles. The Bertz CT molecular complexity index is 991. The highest BCUT2D eigenvalue weighted by atomic mass is 35.5. The molecule has 2 aromatic rings. The molecule has 2 aromatic carbocycles. The number of rotatable bonds is 6. The number of aryl methyl sites for hydroxylation is 1. The first-order chi connectivity index (χ1) is 15.9. The van der Waals surface area contributed by atoms with Crippen LogP contribution in [0.15, 0.2) is 36.4 Å². The molecule has 2 aliphatic heterocycles. The molecule has 0 radical (unpaired) electrons. The number of methoxy groups -OCH3 is 1. The van der Waals surface area contributed by atoms with E-state index in [1.54, 1.807) is 7.11 Å². The minimum absolute atomic E-state index is 0.0191. The van der Waals surface area contributed by atoms with E-state index < -0.39 is 0 Å². The minimum atomic E-state index is 0.0191. The summed E-state index contributed by atoms with van der Waals surface area (Å²) in [6.07, 6.45) is 2.86. The van der Waals surface area contributed by atoms with Crippen LogP contribution < -0.4 is 10.2 Å². The highest BCUT2D eigenvalue weighted by Crippen LogP contribution is 2.34. The SMILES string of the molecule is COC1CCN(C(=O)C2CCN(c3ccc(Cl)c(N[C@H](C)c4ccc(C)cc4Cl)c3)CC2)C1. The van der Waals surface area contributed by atoms with Gasteiger partial charge in [0.2, 0.25) is 5.91 Å². The zero-order chi connectivity index (χ0) is 23.5. The van der Waals surface area contributed by atoms with Gasteiger partial charge in [-0.2, -0.15) is 0 Å². The van der Waals surface area contributed by atoms with Gasteiger partial charge in [-0.1, -0.05) is 35.3 Å². The molecule has 4 rings (SSSR count). The normalized spacial score (nSPS) is 20.2. The summed E-state index contributed by atoms with van der Waals surface area (Å²) in [4.78, 5) is 17.2. The van der Waals surface area contributed by atoms with E-state index in [1.807, 2.05) is 24.0 Å². The second-order valence-corrected chi connectivity index (χ2v) is 10.1. The van der Waals surface area contributed by atoms with E-state index in [2.05, 4.69) is 41.4 Å². The number of nitrogens with zero attached hydrogens (tertiary/aromatic N) is 2. The first kappa shape index (κ1) is 24.2. The molecular formula is C26H33Cl2N3O2. The lowest BCUT2D eigenvalue weighted by molar-refractivity contribution is -0.135. The summed E-state index contributed by atoms with van der Waals surface area (Å²) in [5.74, 6) is 0.391. The fraction of sp³-hybridized carbons (Fsp3) is 0.500. The molecule has 0 aromatic heterocycles. The summed E-state index contributed by atoms with van der Waals surface area (Å²) in [5, 5.41) is 4.96. The molecule has 1 N–H and O–H groups in total. The first-order valence-electron chi connectivity index (χ1n) is 11.7. The summed E-state index contributed by atoms with van der Waals surface area (Å²) in [6, 6.07) is 12.2. The van der Waals surface area contributed by atoms with Crippen LogP contribution in [0.3, 0.4) is 0 Å². The van der Waals surface area contributed by atoms with Crippen molar-refractivity contribution < 1.29 is 9.53 Å². The minimum Gasteiger partial charge on any atom is -0.380 e. The van der Waals surface area contributed by atoms with Crippen LogP contribution in [0, 0.1) is 12.8 Å². The van der Waals surface area contributed by atoms with Gasteiger partial charge >= 0.3 is 0 Å². The van der Waals surface area contributed by atoms with Gasteiger partial charge in [0.05, 0.1) is 22.9 Å². The predicted molar refractivity (Wildman–Crippen MR) is 137 cm³/mol. The number of hydrogen-bond donors (Lipinski definition) is 1. The van der Waals surface area contributed by atoms with E-state index >= 15 is 0 Å². The van der Waals surface area contributed by atoms with Crippen LogP contribution in [0.4, 0.5) is 11.4 Å². The molecule has 2 fully saturated rings. The Balaban J connectivity index is 1.38. The first-order valence-corrected chi connectivity index (χ1v) is 12.5. The van der Waals surface area contributed by atoms with Crippen molar-refractivity contribution in [3.05, 3.63) is 57.6 Å². The van der Waals surface area contributed by atoms with Gasteiger partial charge in [-0.25, -0.2) is 0 Å². The van der Waals surface area contributed by atoms with E-state index in [9.17, 15) is 4.79 Å². The molecule has 2 aliphatic rings. The molecule has 5 nitrogen and oxygen atoms in total. The van der Waals surface area contributed by atoms with E-state index in [-0.39, 0.29) is 24.0 Å². The van der Waals surface area contributed by atoms with Gasteiger partial charge in [0.1, 0.15) is 0 Å². The lowest BCUT2D eigenvalue weighted by Gasteiger charge is -2.35. The van der Waals surface area contributed by atoms with Crippen LogP contribution in [-0.4, -0.2) is 50.2 Å². The fourth-order valence-electron chi connectivity index (χ4n) is 4.88. The summed E-state index contributed by atoms with van der Waals surface area (Å²) >= 11 is 13.0. The maximum atomic E-state index is 12.9. The molecular weight excluding hydrogens is 457 g/mol. The number of carbonyl (C=O) groups is 1. The Hall–Kier alpha value is -1.95. The zero-order valence-corrected chi connectivity index (χ0v) is 21.1. The molecule has 0 bridgehead atoms. The topological polar surface area (TPSA) is 44.8 Å². The standard InChI is InChI=1S/C26H33Cl2N3O2/c1-17-4-6-22(24(28)14-17)18(2)29-25-15-20(5-7-23(25)27)30-11-8-19(9-12-30)26(32)31-13-10-21(16-31)33-3/h4-7,14-15,18-19,21,29H,8-13,16H2,1-3H3/t18-,21?/m1/s1. The summed E-state index contributed by atoms with van der Waals surface area (Å²) in [5.41, 5.74) is 4.19. The molecule has 1 unspecified atom stereocenters. The highest BCUT2D eigenvalue weighted by molar-refractivity contribution is 6.33. The van der Waals surface area contributed by atoms with Crippen LogP contribution in [-0.2, 0) is 9.53 Å². The summed E-state index contributed by atoms with van der Waals surface area (Å²) in [7, 11) is 1.72. The van der Waals surface area contributed by atoms with Gasteiger partial charge in [-0.3, -0.25) is 4.79 Å². The lowest BCUT2D eigenvalue weighted by Crippen LogP contribution is -2.42. The number of nitrogens with one attached hydrogen (secondary N) is 1. The number of halogens is 2. The molecule has 2 saturated heterocycles. The van der Waals surface area contributed by atoms with Crippen molar-refractivity contribution in [3.63, 3.8) is 0 Å². The van der Waals surface area contributed by atoms with Gasteiger partial charge in [0, 0.05) is 49.9 Å². The number of anilines is 2. The fourth-order valence-corrected chi connectivity index (χ4v) is 5.45. The van der Waals surface area contributed by atoms with E-state index in [0.717, 1.165) is 73.0 Å². The van der Waals surface area contributed by atoms with Crippen molar-refractivity contribution in [2.24, 2.45) is 5.92 Å². The van der Waals surface area contributed by atoms with Crippen molar-refractivity contribution in [1.29, 1.82) is 0 Å². The Morgan fingerprint density at radius 1 is 1.06 bits per heavy atom. The Labute approximate surface area is 207 Å². The van der Waals surface area contributed by atoms with Crippen molar-refractivity contribution in [3.8, 4) is 0 Å². The van der Waals surface area contributed by atoms with Crippen LogP contribution in [0.25, 0.3) is 0 Å². The number of benzene rings is 2. The second-order valence-electron chi connectivity index (χ2n) is 9.25. The van der Waals surface area contributed by atoms with E-state index in [1.165, 1.54) is 0 Å². The van der Waals surface area contributed by atoms with Crippen molar-refractivity contribution in [2.45, 2.75) is 45.3 Å². The molecule has 0 saturated carbocycles. The number of likely N-dealkylation sites (tertiary alicyclic amines) is 1. The molecule has 178 valence electrons. The molecule has 0 spiro atoms. The zero-order valence-electron chi connectivity index (χ0n) is 19.6. The average molecular weight is 490 g/mol. The largest absolute Gasteiger partial charge is 0.380 e. The maximum absolute atomic E-state index is 12.9. The van der Waals surface area contributed by atoms with Crippen LogP contribution in [0.1, 0.15) is 43.4 Å². The molecule has 33 heavy (non-hydrogen) atoms. The van der Waals surface area contributed by atoms with E-state index in [0.29, 0.717) is 5.02 Å². The number of amides is 1. The Kier molecular flexibility index (Phi) is 7.72. The second kappa shape index (κ2) is 10.5. The highest BCUT2D eigenvalue weighted by Gasteiger charge is 2.33. The Morgan fingerprint density at radius 2 is 1.82 bits per heavy atom. The molecule has 2 atom stereocenters. The van der Waals surface area contributed by atoms with Crippen molar-refractivity contribution in [2.75, 3.05) is 43.5 Å². The number of carbonyl (C=O) groups excluding carboxylic acids is 1. The third kappa shape index (κ3) is 5.59. The van der Waals surface area contributed by atoms with Crippen molar-refractivity contribution >= 4 is 40.5 Å². The summed E-state index contributed by atoms with van der Waals surface area (Å²) < 4.78 is 5.42. The summed E-state index contributed by atoms with van der Waals surface area (Å²) in [6.45, 7) is 7.38. The van der Waals surface area contributed by atoms with Gasteiger partial charge < -0.3 is 19.9 Å². The lowest BCUT2D eigenvalue weighted by atomic mass is 9.95. The predicted octanol–water partition coefficient (Wildman–Crippen LogP) is 5.94. The third-order valence-corrected chi connectivity index (χ3v) is 7.60. The molecule has 0 aliphatic carbocycles. The number of ether oxygens (including phenoxy) is 1. The molecule has 1 amide bonds. The maximum Gasteiger partial charge on any atom is 0.225 e. The van der Waals surface area contributed by atoms with Crippen LogP contribution >= 0.6 is 23.2 Å². The van der Waals surface area contributed by atoms with Crippen molar-refractivity contribution in [1.82, 2.24) is 4.90 Å². The Morgan fingerprint density at radius 3 is 2.48 bits per heavy atom. The van der Waals surface area contributed by atoms with E-state index in [4.69, 9.17) is 27.9 Å². The smallest absolute Gasteiger partial charge is 0.225 e. The van der Waals surface area contributed by atoms with Gasteiger partial charge in [0.25, 0.3) is 0 Å². The quantitative estimate of drug-likeness (QED) is 0.545. The van der Waals surface area contributed by atoms with Gasteiger partial charge in [-0.05, 0) is 68.5 Å². The average Bonchev–Trinajstić information content (AvgIpc) is 3.29. The number of piperidine rings is 1.